The summed E-state index contributed by atoms with van der Waals surface area (Å²) < 4.78 is 0. The second-order valence-corrected chi connectivity index (χ2v) is 6.66. The minimum Gasteiger partial charge on any atom is -0.349 e. The zero-order valence-electron chi connectivity index (χ0n) is 12.4. The van der Waals surface area contributed by atoms with Gasteiger partial charge in [0.15, 0.2) is 0 Å². The van der Waals surface area contributed by atoms with E-state index in [0.29, 0.717) is 13.0 Å². The molecule has 116 valence electrons. The lowest BCUT2D eigenvalue weighted by atomic mass is 9.97. The van der Waals surface area contributed by atoms with Gasteiger partial charge in [-0.1, -0.05) is 12.8 Å². The molecule has 0 aliphatic heterocycles. The Balaban J connectivity index is 1.64. The third-order valence-corrected chi connectivity index (χ3v) is 5.10. The second kappa shape index (κ2) is 6.54. The number of nitrogens with two attached hydrogens (primary N) is 1. The predicted molar refractivity (Wildman–Crippen MR) is 87.4 cm³/mol. The van der Waals surface area contributed by atoms with Crippen LogP contribution >= 0.6 is 11.3 Å². The highest BCUT2D eigenvalue weighted by Gasteiger charge is 2.33. The summed E-state index contributed by atoms with van der Waals surface area (Å²) >= 11 is 1.54. The zero-order valence-corrected chi connectivity index (χ0v) is 13.2. The number of amides is 1. The topological polar surface area (TPSA) is 80.9 Å². The SMILES string of the molecule is NCC1(NC(=O)Cc2csc(-c3cccnc3)n2)CCCC1. The third-order valence-electron chi connectivity index (χ3n) is 4.16. The highest BCUT2D eigenvalue weighted by molar-refractivity contribution is 7.13. The Morgan fingerprint density at radius 1 is 1.41 bits per heavy atom. The lowest BCUT2D eigenvalue weighted by Gasteiger charge is -2.28. The van der Waals surface area contributed by atoms with E-state index in [1.165, 1.54) is 11.3 Å². The standard InChI is InChI=1S/C16H20N4OS/c17-11-16(5-1-2-6-16)20-14(21)8-13-10-22-15(19-13)12-4-3-7-18-9-12/h3-4,7,9-10H,1-2,5-6,8,11,17H2,(H,20,21). The van der Waals surface area contributed by atoms with Gasteiger partial charge in [0, 0.05) is 29.9 Å². The molecule has 6 heteroatoms. The molecule has 1 saturated carbocycles. The van der Waals surface area contributed by atoms with Crippen molar-refractivity contribution in [3.8, 4) is 10.6 Å². The fraction of sp³-hybridized carbons (Fsp3) is 0.438. The normalized spacial score (nSPS) is 16.6. The minimum absolute atomic E-state index is 0.00962. The van der Waals surface area contributed by atoms with Gasteiger partial charge >= 0.3 is 0 Å². The van der Waals surface area contributed by atoms with E-state index < -0.39 is 0 Å². The third kappa shape index (κ3) is 3.34. The molecule has 2 aromatic rings. The van der Waals surface area contributed by atoms with Gasteiger partial charge in [0.2, 0.25) is 5.91 Å². The molecule has 0 aromatic carbocycles. The first kappa shape index (κ1) is 15.1. The molecule has 1 amide bonds. The van der Waals surface area contributed by atoms with Crippen molar-refractivity contribution in [2.24, 2.45) is 5.73 Å². The second-order valence-electron chi connectivity index (χ2n) is 5.80. The number of nitrogens with zero attached hydrogens (tertiary/aromatic N) is 2. The number of pyridine rings is 1. The Bertz CT molecular complexity index is 635. The molecule has 1 aliphatic carbocycles. The summed E-state index contributed by atoms with van der Waals surface area (Å²) in [4.78, 5) is 20.9. The van der Waals surface area contributed by atoms with Crippen LogP contribution in [-0.2, 0) is 11.2 Å². The lowest BCUT2D eigenvalue weighted by molar-refractivity contribution is -0.122. The van der Waals surface area contributed by atoms with E-state index in [0.717, 1.165) is 41.9 Å². The maximum absolute atomic E-state index is 12.3. The Labute approximate surface area is 134 Å². The fourth-order valence-electron chi connectivity index (χ4n) is 2.95. The molecule has 1 aliphatic rings. The molecule has 0 atom stereocenters. The molecule has 2 heterocycles. The van der Waals surface area contributed by atoms with Gasteiger partial charge < -0.3 is 11.1 Å². The number of carbonyl (C=O) groups excluding carboxylic acids is 1. The first-order chi connectivity index (χ1) is 10.7. The van der Waals surface area contributed by atoms with E-state index in [9.17, 15) is 4.79 Å². The molecule has 0 unspecified atom stereocenters. The molecule has 3 N–H and O–H groups in total. The van der Waals surface area contributed by atoms with Crippen LogP contribution in [0.5, 0.6) is 0 Å². The molecule has 1 fully saturated rings. The van der Waals surface area contributed by atoms with Gasteiger partial charge in [-0.25, -0.2) is 4.98 Å². The summed E-state index contributed by atoms with van der Waals surface area (Å²) in [7, 11) is 0. The lowest BCUT2D eigenvalue weighted by Crippen LogP contribution is -2.52. The van der Waals surface area contributed by atoms with Gasteiger partial charge in [-0.2, -0.15) is 0 Å². The van der Waals surface area contributed by atoms with E-state index in [1.54, 1.807) is 12.4 Å². The van der Waals surface area contributed by atoms with E-state index >= 15 is 0 Å². The number of hydrogen-bond donors (Lipinski definition) is 2. The molecular formula is C16H20N4OS. The minimum atomic E-state index is -0.195. The smallest absolute Gasteiger partial charge is 0.226 e. The molecule has 0 saturated heterocycles. The van der Waals surface area contributed by atoms with E-state index in [2.05, 4.69) is 15.3 Å². The highest BCUT2D eigenvalue weighted by Crippen LogP contribution is 2.29. The van der Waals surface area contributed by atoms with Gasteiger partial charge in [-0.15, -0.1) is 11.3 Å². The fourth-order valence-corrected chi connectivity index (χ4v) is 3.76. The zero-order chi connectivity index (χ0) is 15.4. The van der Waals surface area contributed by atoms with Crippen molar-refractivity contribution >= 4 is 17.2 Å². The summed E-state index contributed by atoms with van der Waals surface area (Å²) in [6, 6.07) is 3.85. The predicted octanol–water partition coefficient (Wildman–Crippen LogP) is 2.14. The van der Waals surface area contributed by atoms with Gasteiger partial charge in [0.05, 0.1) is 17.7 Å². The number of aromatic nitrogens is 2. The van der Waals surface area contributed by atoms with Crippen LogP contribution in [-0.4, -0.2) is 28.0 Å². The van der Waals surface area contributed by atoms with Crippen LogP contribution in [0.15, 0.2) is 29.9 Å². The van der Waals surface area contributed by atoms with Crippen molar-refractivity contribution in [2.75, 3.05) is 6.54 Å². The maximum atomic E-state index is 12.3. The number of carbonyl (C=O) groups is 1. The van der Waals surface area contributed by atoms with Gasteiger partial charge in [0.1, 0.15) is 5.01 Å². The molecule has 2 aromatic heterocycles. The number of nitrogens with one attached hydrogen (secondary N) is 1. The Morgan fingerprint density at radius 2 is 2.23 bits per heavy atom. The van der Waals surface area contributed by atoms with Crippen molar-refractivity contribution in [2.45, 2.75) is 37.6 Å². The Kier molecular flexibility index (Phi) is 4.49. The van der Waals surface area contributed by atoms with Crippen LogP contribution < -0.4 is 11.1 Å². The van der Waals surface area contributed by atoms with Crippen molar-refractivity contribution in [1.82, 2.24) is 15.3 Å². The van der Waals surface area contributed by atoms with Crippen molar-refractivity contribution < 1.29 is 4.79 Å². The quantitative estimate of drug-likeness (QED) is 0.885. The number of rotatable bonds is 5. The summed E-state index contributed by atoms with van der Waals surface area (Å²) in [6.07, 6.45) is 8.06. The van der Waals surface area contributed by atoms with Crippen LogP contribution in [0.25, 0.3) is 10.6 Å². The van der Waals surface area contributed by atoms with Crippen molar-refractivity contribution in [3.63, 3.8) is 0 Å². The van der Waals surface area contributed by atoms with E-state index in [1.807, 2.05) is 17.5 Å². The van der Waals surface area contributed by atoms with Gasteiger partial charge in [-0.05, 0) is 25.0 Å². The summed E-state index contributed by atoms with van der Waals surface area (Å²) in [5, 5.41) is 5.96. The average molecular weight is 316 g/mol. The average Bonchev–Trinajstić information content (AvgIpc) is 3.18. The molecule has 22 heavy (non-hydrogen) atoms. The van der Waals surface area contributed by atoms with Crippen LogP contribution in [0, 0.1) is 0 Å². The first-order valence-electron chi connectivity index (χ1n) is 7.57. The molecular weight excluding hydrogens is 296 g/mol. The van der Waals surface area contributed by atoms with Gasteiger partial charge in [0.25, 0.3) is 0 Å². The van der Waals surface area contributed by atoms with E-state index in [4.69, 9.17) is 5.73 Å². The summed E-state index contributed by atoms with van der Waals surface area (Å²) in [5.74, 6) is 0.00962. The van der Waals surface area contributed by atoms with Crippen molar-refractivity contribution in [3.05, 3.63) is 35.6 Å². The Morgan fingerprint density at radius 3 is 2.91 bits per heavy atom. The number of thiazole rings is 1. The maximum Gasteiger partial charge on any atom is 0.226 e. The largest absolute Gasteiger partial charge is 0.349 e. The first-order valence-corrected chi connectivity index (χ1v) is 8.45. The van der Waals surface area contributed by atoms with Crippen LogP contribution in [0.2, 0.25) is 0 Å². The number of hydrogen-bond acceptors (Lipinski definition) is 5. The molecule has 5 nitrogen and oxygen atoms in total. The summed E-state index contributed by atoms with van der Waals surface area (Å²) in [5.41, 5.74) is 7.44. The van der Waals surface area contributed by atoms with Crippen LogP contribution in [0.4, 0.5) is 0 Å². The molecule has 0 radical (unpaired) electrons. The molecule has 3 rings (SSSR count). The molecule has 0 spiro atoms. The Hall–Kier alpha value is -1.79. The van der Waals surface area contributed by atoms with Gasteiger partial charge in [-0.3, -0.25) is 9.78 Å². The summed E-state index contributed by atoms with van der Waals surface area (Å²) in [6.45, 7) is 0.511. The molecule has 0 bridgehead atoms. The highest BCUT2D eigenvalue weighted by atomic mass is 32.1. The van der Waals surface area contributed by atoms with E-state index in [-0.39, 0.29) is 11.4 Å². The van der Waals surface area contributed by atoms with Crippen molar-refractivity contribution in [1.29, 1.82) is 0 Å². The van der Waals surface area contributed by atoms with Crippen LogP contribution in [0.1, 0.15) is 31.4 Å². The monoisotopic (exact) mass is 316 g/mol. The van der Waals surface area contributed by atoms with Crippen LogP contribution in [0.3, 0.4) is 0 Å².